The third-order valence-electron chi connectivity index (χ3n) is 3.50. The van der Waals surface area contributed by atoms with Crippen LogP contribution in [0.25, 0.3) is 0 Å². The molecule has 0 aromatic heterocycles. The Morgan fingerprint density at radius 1 is 1.12 bits per heavy atom. The van der Waals surface area contributed by atoms with Crippen LogP contribution in [0.4, 0.5) is 0 Å². The molecule has 2 rings (SSSR count). The molecule has 2 heterocycles. The Kier molecular flexibility index (Phi) is 3.73. The summed E-state index contributed by atoms with van der Waals surface area (Å²) in [5.74, 6) is 0.714. The molecule has 98 valence electrons. The van der Waals surface area contributed by atoms with E-state index in [-0.39, 0.29) is 17.6 Å². The molecule has 0 aliphatic carbocycles. The van der Waals surface area contributed by atoms with Crippen LogP contribution in [-0.4, -0.2) is 43.4 Å². The van der Waals surface area contributed by atoms with Crippen molar-refractivity contribution >= 4 is 5.91 Å². The van der Waals surface area contributed by atoms with Crippen LogP contribution in [0.2, 0.25) is 0 Å². The quantitative estimate of drug-likeness (QED) is 0.700. The molecule has 2 aliphatic heterocycles. The summed E-state index contributed by atoms with van der Waals surface area (Å²) in [6.07, 6.45) is 1.96. The second-order valence-corrected chi connectivity index (χ2v) is 5.99. The summed E-state index contributed by atoms with van der Waals surface area (Å²) < 4.78 is 11.1. The van der Waals surface area contributed by atoms with Gasteiger partial charge in [0.05, 0.1) is 13.2 Å². The molecule has 0 radical (unpaired) electrons. The minimum atomic E-state index is -0.271. The Bertz CT molecular complexity index is 271. The Balaban J connectivity index is 1.83. The molecule has 0 aromatic carbocycles. The van der Waals surface area contributed by atoms with Crippen molar-refractivity contribution in [2.45, 2.75) is 39.9 Å². The van der Waals surface area contributed by atoms with E-state index in [0.717, 1.165) is 25.9 Å². The van der Waals surface area contributed by atoms with Gasteiger partial charge >= 0.3 is 0 Å². The molecule has 0 aromatic rings. The zero-order valence-electron chi connectivity index (χ0n) is 11.1. The lowest BCUT2D eigenvalue weighted by Crippen LogP contribution is -2.45. The Hall–Kier alpha value is -0.610. The normalized spacial score (nSPS) is 24.3. The lowest BCUT2D eigenvalue weighted by molar-refractivity contribution is -0.144. The molecule has 0 bridgehead atoms. The zero-order valence-corrected chi connectivity index (χ0v) is 11.1. The lowest BCUT2D eigenvalue weighted by Gasteiger charge is -2.36. The number of carbonyl (C=O) groups is 1. The van der Waals surface area contributed by atoms with E-state index in [1.54, 1.807) is 0 Å². The highest BCUT2D eigenvalue weighted by molar-refractivity contribution is 5.81. The van der Waals surface area contributed by atoms with Gasteiger partial charge in [-0.1, -0.05) is 20.8 Å². The van der Waals surface area contributed by atoms with Crippen molar-refractivity contribution in [2.75, 3.05) is 26.3 Å². The first-order valence-corrected chi connectivity index (χ1v) is 6.51. The zero-order chi connectivity index (χ0) is 12.5. The third kappa shape index (κ3) is 2.99. The highest BCUT2D eigenvalue weighted by Crippen LogP contribution is 2.28. The van der Waals surface area contributed by atoms with Gasteiger partial charge in [0.25, 0.3) is 0 Å². The van der Waals surface area contributed by atoms with Gasteiger partial charge in [0.1, 0.15) is 0 Å². The molecule has 2 fully saturated rings. The number of likely N-dealkylation sites (tertiary alicyclic amines) is 1. The fourth-order valence-corrected chi connectivity index (χ4v) is 2.50. The molecule has 0 spiro atoms. The monoisotopic (exact) mass is 241 g/mol. The standard InChI is InChI=1S/C13H23NO3/c1-13(2,3)12(15)14-6-4-10(5-7-14)11-16-8-9-17-11/h10-11H,4-9H2,1-3H3. The first-order valence-electron chi connectivity index (χ1n) is 6.51. The van der Waals surface area contributed by atoms with Crippen LogP contribution in [0.15, 0.2) is 0 Å². The predicted octanol–water partition coefficient (Wildman–Crippen LogP) is 1.64. The highest BCUT2D eigenvalue weighted by Gasteiger charge is 2.34. The lowest BCUT2D eigenvalue weighted by atomic mass is 9.91. The van der Waals surface area contributed by atoms with E-state index in [2.05, 4.69) is 0 Å². The number of ether oxygens (including phenoxy) is 2. The molecular weight excluding hydrogens is 218 g/mol. The van der Waals surface area contributed by atoms with Crippen molar-refractivity contribution in [1.29, 1.82) is 0 Å². The van der Waals surface area contributed by atoms with E-state index in [4.69, 9.17) is 9.47 Å². The maximum absolute atomic E-state index is 12.1. The summed E-state index contributed by atoms with van der Waals surface area (Å²) in [4.78, 5) is 14.1. The first kappa shape index (κ1) is 12.8. The fraction of sp³-hybridized carbons (Fsp3) is 0.923. The van der Waals surface area contributed by atoms with Crippen LogP contribution >= 0.6 is 0 Å². The maximum Gasteiger partial charge on any atom is 0.227 e. The summed E-state index contributed by atoms with van der Waals surface area (Å²) in [6, 6.07) is 0. The second kappa shape index (κ2) is 4.94. The van der Waals surface area contributed by atoms with Gasteiger partial charge in [0.15, 0.2) is 6.29 Å². The van der Waals surface area contributed by atoms with Crippen molar-refractivity contribution in [3.63, 3.8) is 0 Å². The highest BCUT2D eigenvalue weighted by atomic mass is 16.7. The Morgan fingerprint density at radius 2 is 1.65 bits per heavy atom. The Morgan fingerprint density at radius 3 is 2.12 bits per heavy atom. The summed E-state index contributed by atoms with van der Waals surface area (Å²) in [7, 11) is 0. The largest absolute Gasteiger partial charge is 0.350 e. The fourth-order valence-electron chi connectivity index (χ4n) is 2.50. The number of piperidine rings is 1. The summed E-state index contributed by atoms with van der Waals surface area (Å²) >= 11 is 0. The van der Waals surface area contributed by atoms with Gasteiger partial charge in [0, 0.05) is 24.4 Å². The van der Waals surface area contributed by atoms with Gasteiger partial charge in [-0.15, -0.1) is 0 Å². The molecule has 17 heavy (non-hydrogen) atoms. The molecule has 1 amide bonds. The Labute approximate surface area is 103 Å². The topological polar surface area (TPSA) is 38.8 Å². The minimum Gasteiger partial charge on any atom is -0.350 e. The van der Waals surface area contributed by atoms with Crippen molar-refractivity contribution in [3.05, 3.63) is 0 Å². The van der Waals surface area contributed by atoms with Gasteiger partial charge in [-0.3, -0.25) is 4.79 Å². The van der Waals surface area contributed by atoms with Crippen molar-refractivity contribution < 1.29 is 14.3 Å². The van der Waals surface area contributed by atoms with Crippen LogP contribution in [0.3, 0.4) is 0 Å². The van der Waals surface area contributed by atoms with Crippen LogP contribution < -0.4 is 0 Å². The smallest absolute Gasteiger partial charge is 0.227 e. The molecule has 0 atom stereocenters. The van der Waals surface area contributed by atoms with Crippen molar-refractivity contribution in [2.24, 2.45) is 11.3 Å². The first-order chi connectivity index (χ1) is 7.98. The van der Waals surface area contributed by atoms with Crippen molar-refractivity contribution in [3.8, 4) is 0 Å². The number of hydrogen-bond donors (Lipinski definition) is 0. The number of hydrogen-bond acceptors (Lipinski definition) is 3. The molecule has 2 saturated heterocycles. The van der Waals surface area contributed by atoms with Gasteiger partial charge < -0.3 is 14.4 Å². The molecule has 0 N–H and O–H groups in total. The van der Waals surface area contributed by atoms with Gasteiger partial charge in [-0.05, 0) is 12.8 Å². The molecule has 0 saturated carbocycles. The SMILES string of the molecule is CC(C)(C)C(=O)N1CCC(C2OCCO2)CC1. The maximum atomic E-state index is 12.1. The molecule has 0 unspecified atom stereocenters. The van der Waals surface area contributed by atoms with Crippen molar-refractivity contribution in [1.82, 2.24) is 4.90 Å². The van der Waals surface area contributed by atoms with E-state index in [1.807, 2.05) is 25.7 Å². The van der Waals surface area contributed by atoms with Crippen LogP contribution in [0.5, 0.6) is 0 Å². The molecular formula is C13H23NO3. The second-order valence-electron chi connectivity index (χ2n) is 5.99. The predicted molar refractivity (Wildman–Crippen MR) is 64.5 cm³/mol. The summed E-state index contributed by atoms with van der Waals surface area (Å²) in [5.41, 5.74) is -0.271. The number of nitrogens with zero attached hydrogens (tertiary/aromatic N) is 1. The van der Waals surface area contributed by atoms with E-state index in [0.29, 0.717) is 19.1 Å². The number of carbonyl (C=O) groups excluding carboxylic acids is 1. The van der Waals surface area contributed by atoms with E-state index >= 15 is 0 Å². The van der Waals surface area contributed by atoms with Gasteiger partial charge in [0.2, 0.25) is 5.91 Å². The van der Waals surface area contributed by atoms with E-state index in [9.17, 15) is 4.79 Å². The number of rotatable bonds is 1. The minimum absolute atomic E-state index is 0.0260. The molecule has 4 nitrogen and oxygen atoms in total. The third-order valence-corrected chi connectivity index (χ3v) is 3.50. The van der Waals surface area contributed by atoms with Crippen LogP contribution in [0, 0.1) is 11.3 Å². The van der Waals surface area contributed by atoms with E-state index in [1.165, 1.54) is 0 Å². The van der Waals surface area contributed by atoms with Gasteiger partial charge in [-0.25, -0.2) is 0 Å². The van der Waals surface area contributed by atoms with Crippen LogP contribution in [0.1, 0.15) is 33.6 Å². The summed E-state index contributed by atoms with van der Waals surface area (Å²) in [5, 5.41) is 0. The van der Waals surface area contributed by atoms with E-state index < -0.39 is 0 Å². The average Bonchev–Trinajstić information content (AvgIpc) is 2.80. The average molecular weight is 241 g/mol. The molecule has 4 heteroatoms. The van der Waals surface area contributed by atoms with Gasteiger partial charge in [-0.2, -0.15) is 0 Å². The number of amides is 1. The molecule has 2 aliphatic rings. The van der Waals surface area contributed by atoms with Crippen LogP contribution in [-0.2, 0) is 14.3 Å². The summed E-state index contributed by atoms with van der Waals surface area (Å²) in [6.45, 7) is 9.03.